The van der Waals surface area contributed by atoms with Gasteiger partial charge in [-0.15, -0.1) is 0 Å². The quantitative estimate of drug-likeness (QED) is 0.839. The summed E-state index contributed by atoms with van der Waals surface area (Å²) in [5.74, 6) is -1.50. The lowest BCUT2D eigenvalue weighted by Gasteiger charge is -2.09. The van der Waals surface area contributed by atoms with E-state index in [2.05, 4.69) is 4.98 Å². The van der Waals surface area contributed by atoms with E-state index in [0.29, 0.717) is 0 Å². The summed E-state index contributed by atoms with van der Waals surface area (Å²) in [6.45, 7) is -0.127. The van der Waals surface area contributed by atoms with Crippen molar-refractivity contribution in [3.63, 3.8) is 0 Å². The molecule has 4 nitrogen and oxygen atoms in total. The Hall–Kier alpha value is -1.27. The topological polar surface area (TPSA) is 76.2 Å². The van der Waals surface area contributed by atoms with Crippen molar-refractivity contribution >= 4 is 17.6 Å². The highest BCUT2D eigenvalue weighted by atomic mass is 35.5. The molecule has 1 heterocycles. The van der Waals surface area contributed by atoms with Crippen LogP contribution in [0.4, 0.5) is 8.78 Å². The molecular formula is C8H7ClF2N2O2. The summed E-state index contributed by atoms with van der Waals surface area (Å²) in [5, 5.41) is 8.26. The van der Waals surface area contributed by atoms with Gasteiger partial charge in [-0.2, -0.15) is 0 Å². The number of carboxylic acids is 1. The number of aromatic nitrogens is 1. The molecule has 0 spiro atoms. The molecule has 1 aromatic rings. The van der Waals surface area contributed by atoms with Crippen LogP contribution >= 0.6 is 11.6 Å². The number of pyridine rings is 1. The lowest BCUT2D eigenvalue weighted by Crippen LogP contribution is -2.09. The maximum absolute atomic E-state index is 12.5. The third-order valence-corrected chi connectivity index (χ3v) is 2.19. The van der Waals surface area contributed by atoms with Crippen molar-refractivity contribution in [2.75, 3.05) is 0 Å². The zero-order chi connectivity index (χ0) is 11.6. The molecule has 15 heavy (non-hydrogen) atoms. The largest absolute Gasteiger partial charge is 0.478 e. The van der Waals surface area contributed by atoms with Gasteiger partial charge in [0, 0.05) is 12.7 Å². The van der Waals surface area contributed by atoms with E-state index in [1.165, 1.54) is 0 Å². The predicted octanol–water partition coefficient (Wildman–Crippen LogP) is 1.83. The second kappa shape index (κ2) is 4.50. The fourth-order valence-corrected chi connectivity index (χ4v) is 1.38. The molecule has 7 heteroatoms. The maximum atomic E-state index is 12.5. The van der Waals surface area contributed by atoms with E-state index < -0.39 is 23.5 Å². The van der Waals surface area contributed by atoms with Crippen LogP contribution in [0.2, 0.25) is 5.02 Å². The Bertz CT molecular complexity index is 398. The standard InChI is InChI=1S/C8H7ClF2N2O2/c9-6-4(1-12)13-2-3(8(14)15)5(6)7(10)11/h2,7H,1,12H2,(H,14,15). The highest BCUT2D eigenvalue weighted by molar-refractivity contribution is 6.32. The van der Waals surface area contributed by atoms with E-state index in [1.807, 2.05) is 0 Å². The maximum Gasteiger partial charge on any atom is 0.337 e. The van der Waals surface area contributed by atoms with Gasteiger partial charge < -0.3 is 10.8 Å². The second-order valence-corrected chi connectivity index (χ2v) is 3.03. The van der Waals surface area contributed by atoms with E-state index in [4.69, 9.17) is 22.4 Å². The fraction of sp³-hybridized carbons (Fsp3) is 0.250. The SMILES string of the molecule is NCc1ncc(C(=O)O)c(C(F)F)c1Cl. The highest BCUT2D eigenvalue weighted by Gasteiger charge is 2.23. The van der Waals surface area contributed by atoms with Gasteiger partial charge in [0.1, 0.15) is 0 Å². The van der Waals surface area contributed by atoms with E-state index in [1.54, 1.807) is 0 Å². The Kier molecular flexibility index (Phi) is 3.54. The number of rotatable bonds is 3. The Morgan fingerprint density at radius 2 is 2.27 bits per heavy atom. The summed E-state index contributed by atoms with van der Waals surface area (Å²) in [7, 11) is 0. The molecular weight excluding hydrogens is 230 g/mol. The first-order valence-electron chi connectivity index (χ1n) is 3.87. The molecule has 0 amide bonds. The third kappa shape index (κ3) is 2.21. The molecule has 0 atom stereocenters. The van der Waals surface area contributed by atoms with Crippen LogP contribution in [-0.2, 0) is 6.54 Å². The molecule has 0 aliphatic rings. The lowest BCUT2D eigenvalue weighted by atomic mass is 10.1. The minimum Gasteiger partial charge on any atom is -0.478 e. The van der Waals surface area contributed by atoms with Gasteiger partial charge >= 0.3 is 5.97 Å². The average Bonchev–Trinajstić information content (AvgIpc) is 2.16. The first-order valence-corrected chi connectivity index (χ1v) is 4.25. The molecule has 0 radical (unpaired) electrons. The molecule has 0 aromatic carbocycles. The highest BCUT2D eigenvalue weighted by Crippen LogP contribution is 2.31. The van der Waals surface area contributed by atoms with E-state index >= 15 is 0 Å². The second-order valence-electron chi connectivity index (χ2n) is 2.66. The molecule has 82 valence electrons. The monoisotopic (exact) mass is 236 g/mol. The number of alkyl halides is 2. The third-order valence-electron chi connectivity index (χ3n) is 1.77. The average molecular weight is 237 g/mol. The zero-order valence-corrected chi connectivity index (χ0v) is 8.13. The summed E-state index contributed by atoms with van der Waals surface area (Å²) in [5.41, 5.74) is 3.92. The molecule has 0 bridgehead atoms. The van der Waals surface area contributed by atoms with Gasteiger partial charge in [0.25, 0.3) is 6.43 Å². The zero-order valence-electron chi connectivity index (χ0n) is 7.38. The van der Waals surface area contributed by atoms with Crippen molar-refractivity contribution in [2.24, 2.45) is 5.73 Å². The number of nitrogens with two attached hydrogens (primary N) is 1. The van der Waals surface area contributed by atoms with Crippen LogP contribution in [0.15, 0.2) is 6.20 Å². The normalized spacial score (nSPS) is 10.7. The number of nitrogens with zero attached hydrogens (tertiary/aromatic N) is 1. The fourth-order valence-electron chi connectivity index (χ4n) is 1.07. The molecule has 0 fully saturated rings. The van der Waals surface area contributed by atoms with Crippen LogP contribution in [-0.4, -0.2) is 16.1 Å². The predicted molar refractivity (Wildman–Crippen MR) is 49.1 cm³/mol. The Morgan fingerprint density at radius 3 is 2.67 bits per heavy atom. The van der Waals surface area contributed by atoms with Crippen molar-refractivity contribution in [1.29, 1.82) is 0 Å². The van der Waals surface area contributed by atoms with Gasteiger partial charge in [-0.05, 0) is 0 Å². The molecule has 1 aromatic heterocycles. The number of hydrogen-bond donors (Lipinski definition) is 2. The Balaban J connectivity index is 3.44. The van der Waals surface area contributed by atoms with Crippen molar-refractivity contribution in [3.05, 3.63) is 28.0 Å². The van der Waals surface area contributed by atoms with Gasteiger partial charge in [-0.25, -0.2) is 13.6 Å². The van der Waals surface area contributed by atoms with Crippen LogP contribution in [0.1, 0.15) is 28.0 Å². The molecule has 0 aliphatic heterocycles. The summed E-state index contributed by atoms with van der Waals surface area (Å²) in [6, 6.07) is 0. The van der Waals surface area contributed by atoms with E-state index in [-0.39, 0.29) is 17.3 Å². The molecule has 3 N–H and O–H groups in total. The van der Waals surface area contributed by atoms with Crippen molar-refractivity contribution < 1.29 is 18.7 Å². The van der Waals surface area contributed by atoms with Crippen LogP contribution < -0.4 is 5.73 Å². The molecule has 1 rings (SSSR count). The first-order chi connectivity index (χ1) is 6.99. The van der Waals surface area contributed by atoms with Gasteiger partial charge in [0.15, 0.2) is 0 Å². The molecule has 0 saturated carbocycles. The first kappa shape index (κ1) is 11.8. The van der Waals surface area contributed by atoms with Crippen LogP contribution in [0, 0.1) is 0 Å². The summed E-state index contributed by atoms with van der Waals surface area (Å²) >= 11 is 5.57. The van der Waals surface area contributed by atoms with Gasteiger partial charge in [0.2, 0.25) is 0 Å². The summed E-state index contributed by atoms with van der Waals surface area (Å²) < 4.78 is 25.1. The van der Waals surface area contributed by atoms with E-state index in [0.717, 1.165) is 6.20 Å². The minimum absolute atomic E-state index is 0.0527. The van der Waals surface area contributed by atoms with Crippen molar-refractivity contribution in [3.8, 4) is 0 Å². The molecule has 0 aliphatic carbocycles. The smallest absolute Gasteiger partial charge is 0.337 e. The Labute approximate surface area is 88.7 Å². The van der Waals surface area contributed by atoms with Gasteiger partial charge in [-0.3, -0.25) is 4.98 Å². The summed E-state index contributed by atoms with van der Waals surface area (Å²) in [4.78, 5) is 14.2. The lowest BCUT2D eigenvalue weighted by molar-refractivity contribution is 0.0684. The number of hydrogen-bond acceptors (Lipinski definition) is 3. The minimum atomic E-state index is -2.98. The molecule has 0 saturated heterocycles. The molecule has 0 unspecified atom stereocenters. The van der Waals surface area contributed by atoms with Crippen LogP contribution in [0.3, 0.4) is 0 Å². The van der Waals surface area contributed by atoms with Gasteiger partial charge in [-0.1, -0.05) is 11.6 Å². The number of carbonyl (C=O) groups is 1. The summed E-state index contributed by atoms with van der Waals surface area (Å²) in [6.07, 6.45) is -2.14. The number of aromatic carboxylic acids is 1. The van der Waals surface area contributed by atoms with Crippen molar-refractivity contribution in [2.45, 2.75) is 13.0 Å². The van der Waals surface area contributed by atoms with E-state index in [9.17, 15) is 13.6 Å². The number of carboxylic acid groups (broad SMARTS) is 1. The van der Waals surface area contributed by atoms with Crippen LogP contribution in [0.25, 0.3) is 0 Å². The Morgan fingerprint density at radius 1 is 1.67 bits per heavy atom. The van der Waals surface area contributed by atoms with Crippen molar-refractivity contribution in [1.82, 2.24) is 4.98 Å². The van der Waals surface area contributed by atoms with Gasteiger partial charge in [0.05, 0.1) is 21.8 Å². The van der Waals surface area contributed by atoms with Crippen LogP contribution in [0.5, 0.6) is 0 Å². The number of halogens is 3.